The second-order valence-corrected chi connectivity index (χ2v) is 6.54. The Labute approximate surface area is 162 Å². The summed E-state index contributed by atoms with van der Waals surface area (Å²) in [4.78, 5) is 25.5. The van der Waals surface area contributed by atoms with Gasteiger partial charge in [0.05, 0.1) is 18.1 Å². The van der Waals surface area contributed by atoms with Crippen LogP contribution in [-0.4, -0.2) is 17.6 Å². The summed E-state index contributed by atoms with van der Waals surface area (Å²) < 4.78 is 7.23. The van der Waals surface area contributed by atoms with E-state index in [9.17, 15) is 9.59 Å². The quantitative estimate of drug-likeness (QED) is 0.546. The van der Waals surface area contributed by atoms with Gasteiger partial charge in [0.1, 0.15) is 12.3 Å². The highest BCUT2D eigenvalue weighted by molar-refractivity contribution is 5.94. The Morgan fingerprint density at radius 3 is 2.11 bits per heavy atom. The van der Waals surface area contributed by atoms with Crippen molar-refractivity contribution < 1.29 is 9.53 Å². The van der Waals surface area contributed by atoms with Gasteiger partial charge < -0.3 is 14.6 Å². The van der Waals surface area contributed by atoms with Crippen molar-refractivity contribution in [3.63, 3.8) is 0 Å². The molecule has 0 radical (unpaired) electrons. The van der Waals surface area contributed by atoms with Crippen molar-refractivity contribution in [3.8, 4) is 5.75 Å². The fourth-order valence-corrected chi connectivity index (χ4v) is 3.49. The molecule has 28 heavy (non-hydrogen) atoms. The lowest BCUT2D eigenvalue weighted by atomic mass is 10.1. The van der Waals surface area contributed by atoms with E-state index in [0.717, 1.165) is 22.3 Å². The average Bonchev–Trinajstić information content (AvgIpc) is 2.75. The van der Waals surface area contributed by atoms with Gasteiger partial charge >= 0.3 is 0 Å². The predicted molar refractivity (Wildman–Crippen MR) is 111 cm³/mol. The highest BCUT2D eigenvalue weighted by Gasteiger charge is 2.13. The normalized spacial score (nSPS) is 10.9. The van der Waals surface area contributed by atoms with Crippen LogP contribution in [0.1, 0.15) is 5.56 Å². The van der Waals surface area contributed by atoms with E-state index in [-0.39, 0.29) is 17.9 Å². The molecule has 5 nitrogen and oxygen atoms in total. The van der Waals surface area contributed by atoms with E-state index >= 15 is 0 Å². The largest absolute Gasteiger partial charge is 0.496 e. The first-order chi connectivity index (χ1) is 13.7. The second-order valence-electron chi connectivity index (χ2n) is 6.54. The minimum atomic E-state index is -0.134. The first kappa shape index (κ1) is 17.8. The van der Waals surface area contributed by atoms with Crippen molar-refractivity contribution in [2.45, 2.75) is 13.1 Å². The minimum Gasteiger partial charge on any atom is -0.496 e. The van der Waals surface area contributed by atoms with E-state index in [2.05, 4.69) is 5.32 Å². The van der Waals surface area contributed by atoms with Gasteiger partial charge in [-0.3, -0.25) is 9.59 Å². The summed E-state index contributed by atoms with van der Waals surface area (Å²) in [5.74, 6) is 0.604. The van der Waals surface area contributed by atoms with Gasteiger partial charge in [-0.25, -0.2) is 0 Å². The van der Waals surface area contributed by atoms with Gasteiger partial charge in [0.15, 0.2) is 5.43 Å². The van der Waals surface area contributed by atoms with Crippen LogP contribution in [0.3, 0.4) is 0 Å². The van der Waals surface area contributed by atoms with E-state index < -0.39 is 0 Å². The van der Waals surface area contributed by atoms with Gasteiger partial charge in [-0.1, -0.05) is 42.5 Å². The van der Waals surface area contributed by atoms with Crippen molar-refractivity contribution in [2.75, 3.05) is 7.11 Å². The number of ether oxygens (including phenoxy) is 1. The van der Waals surface area contributed by atoms with Gasteiger partial charge in [-0.2, -0.15) is 0 Å². The number of nitrogens with zero attached hydrogens (tertiary/aromatic N) is 1. The number of methoxy groups -OCH3 is 1. The van der Waals surface area contributed by atoms with Crippen LogP contribution in [0, 0.1) is 0 Å². The van der Waals surface area contributed by atoms with Gasteiger partial charge in [0.2, 0.25) is 5.91 Å². The number of pyridine rings is 1. The third-order valence-electron chi connectivity index (χ3n) is 4.85. The molecule has 0 saturated carbocycles. The molecule has 1 N–H and O–H groups in total. The Balaban J connectivity index is 1.68. The van der Waals surface area contributed by atoms with Crippen molar-refractivity contribution in [1.82, 2.24) is 9.88 Å². The molecular weight excluding hydrogens is 352 g/mol. The second kappa shape index (κ2) is 7.56. The first-order valence-electron chi connectivity index (χ1n) is 9.08. The van der Waals surface area contributed by atoms with Crippen molar-refractivity contribution in [2.24, 2.45) is 0 Å². The highest BCUT2D eigenvalue weighted by Crippen LogP contribution is 2.19. The Morgan fingerprint density at radius 2 is 1.46 bits per heavy atom. The number of hydrogen-bond donors (Lipinski definition) is 1. The number of rotatable bonds is 5. The van der Waals surface area contributed by atoms with Crippen LogP contribution in [0.2, 0.25) is 0 Å². The molecule has 4 rings (SSSR count). The average molecular weight is 372 g/mol. The molecule has 1 aromatic heterocycles. The zero-order valence-corrected chi connectivity index (χ0v) is 15.5. The van der Waals surface area contributed by atoms with Gasteiger partial charge in [0.25, 0.3) is 0 Å². The monoisotopic (exact) mass is 372 g/mol. The van der Waals surface area contributed by atoms with Crippen LogP contribution in [0.15, 0.2) is 77.6 Å². The molecule has 4 aromatic rings. The molecule has 140 valence electrons. The first-order valence-corrected chi connectivity index (χ1v) is 9.08. The zero-order valence-electron chi connectivity index (χ0n) is 15.5. The van der Waals surface area contributed by atoms with E-state index in [1.54, 1.807) is 19.2 Å². The van der Waals surface area contributed by atoms with E-state index in [4.69, 9.17) is 4.74 Å². The molecular formula is C23H20N2O3. The third-order valence-corrected chi connectivity index (χ3v) is 4.85. The van der Waals surface area contributed by atoms with E-state index in [0.29, 0.717) is 17.3 Å². The lowest BCUT2D eigenvalue weighted by Crippen LogP contribution is -2.28. The minimum absolute atomic E-state index is 0.0168. The summed E-state index contributed by atoms with van der Waals surface area (Å²) in [6.45, 7) is 0.495. The number of carbonyl (C=O) groups is 1. The molecule has 0 unspecified atom stereocenters. The number of nitrogens with one attached hydrogen (secondary N) is 1. The lowest BCUT2D eigenvalue weighted by molar-refractivity contribution is -0.121. The molecule has 1 heterocycles. The van der Waals surface area contributed by atoms with Crippen LogP contribution in [0.4, 0.5) is 0 Å². The molecule has 0 aliphatic carbocycles. The summed E-state index contributed by atoms with van der Waals surface area (Å²) in [5.41, 5.74) is 2.39. The number of benzene rings is 3. The maximum Gasteiger partial charge on any atom is 0.240 e. The van der Waals surface area contributed by atoms with Gasteiger partial charge in [-0.15, -0.1) is 0 Å². The van der Waals surface area contributed by atoms with E-state index in [1.807, 2.05) is 65.2 Å². The number of para-hydroxylation sites is 3. The fourth-order valence-electron chi connectivity index (χ4n) is 3.49. The number of amides is 1. The Hall–Kier alpha value is -3.60. The summed E-state index contributed by atoms with van der Waals surface area (Å²) in [5, 5.41) is 4.17. The SMILES string of the molecule is COc1ccccc1CNC(=O)Cn1c2ccccc2c(=O)c2ccccc21. The molecule has 0 aliphatic heterocycles. The molecule has 0 fully saturated rings. The fraction of sp³-hybridized carbons (Fsp3) is 0.130. The highest BCUT2D eigenvalue weighted by atomic mass is 16.5. The molecule has 0 bridgehead atoms. The van der Waals surface area contributed by atoms with Gasteiger partial charge in [0, 0.05) is 22.9 Å². The van der Waals surface area contributed by atoms with Crippen molar-refractivity contribution in [1.29, 1.82) is 0 Å². The Bertz CT molecular complexity index is 1170. The number of hydrogen-bond acceptors (Lipinski definition) is 3. The molecule has 0 atom stereocenters. The smallest absolute Gasteiger partial charge is 0.240 e. The summed E-state index contributed by atoms with van der Waals surface area (Å²) >= 11 is 0. The Kier molecular flexibility index (Phi) is 4.81. The van der Waals surface area contributed by atoms with Gasteiger partial charge in [-0.05, 0) is 30.3 Å². The van der Waals surface area contributed by atoms with Crippen molar-refractivity contribution in [3.05, 3.63) is 88.6 Å². The van der Waals surface area contributed by atoms with Crippen LogP contribution >= 0.6 is 0 Å². The number of fused-ring (bicyclic) bond motifs is 2. The van der Waals surface area contributed by atoms with Crippen LogP contribution in [0.5, 0.6) is 5.75 Å². The molecule has 1 amide bonds. The molecule has 5 heteroatoms. The standard InChI is InChI=1S/C23H20N2O3/c1-28-21-13-7-2-8-16(21)14-24-22(26)15-25-19-11-5-3-9-17(19)23(27)18-10-4-6-12-20(18)25/h2-13H,14-15H2,1H3,(H,24,26). The van der Waals surface area contributed by atoms with Crippen LogP contribution in [0.25, 0.3) is 21.8 Å². The summed E-state index contributed by atoms with van der Waals surface area (Å²) in [6.07, 6.45) is 0. The molecule has 3 aromatic carbocycles. The van der Waals surface area contributed by atoms with Crippen molar-refractivity contribution >= 4 is 27.7 Å². The Morgan fingerprint density at radius 1 is 0.893 bits per heavy atom. The number of aromatic nitrogens is 1. The molecule has 0 spiro atoms. The number of carbonyl (C=O) groups excluding carboxylic acids is 1. The van der Waals surface area contributed by atoms with Crippen LogP contribution in [-0.2, 0) is 17.9 Å². The topological polar surface area (TPSA) is 60.3 Å². The maximum atomic E-state index is 12.8. The molecule has 0 aliphatic rings. The molecule has 0 saturated heterocycles. The van der Waals surface area contributed by atoms with Crippen LogP contribution < -0.4 is 15.5 Å². The summed E-state index contributed by atoms with van der Waals surface area (Å²) in [7, 11) is 1.61. The maximum absolute atomic E-state index is 12.8. The predicted octanol–water partition coefficient (Wildman–Crippen LogP) is 3.48. The zero-order chi connectivity index (χ0) is 19.5. The lowest BCUT2D eigenvalue weighted by Gasteiger charge is -2.15. The van der Waals surface area contributed by atoms with E-state index in [1.165, 1.54) is 0 Å². The summed E-state index contributed by atoms with van der Waals surface area (Å²) in [6, 6.07) is 22.4. The third kappa shape index (κ3) is 3.22.